The first-order chi connectivity index (χ1) is 14.5. The Hall–Kier alpha value is -2.53. The minimum Gasteiger partial charge on any atom is -0.426 e. The van der Waals surface area contributed by atoms with Crippen molar-refractivity contribution in [2.45, 2.75) is 52.0 Å². The number of imidazole rings is 1. The van der Waals surface area contributed by atoms with E-state index in [1.54, 1.807) is 13.8 Å². The third-order valence-corrected chi connectivity index (χ3v) is 6.37. The zero-order chi connectivity index (χ0) is 21.1. The predicted molar refractivity (Wildman–Crippen MR) is 121 cm³/mol. The molecule has 3 aromatic rings. The van der Waals surface area contributed by atoms with Gasteiger partial charge in [-0.15, -0.1) is 11.6 Å². The molecule has 0 radical (unpaired) electrons. The highest BCUT2D eigenvalue weighted by Crippen LogP contribution is 2.32. The van der Waals surface area contributed by atoms with Gasteiger partial charge in [0.15, 0.2) is 0 Å². The molecule has 2 aromatic heterocycles. The minimum absolute atomic E-state index is 0.210. The normalized spacial score (nSPS) is 15.3. The van der Waals surface area contributed by atoms with E-state index in [0.29, 0.717) is 11.8 Å². The van der Waals surface area contributed by atoms with Crippen LogP contribution in [-0.4, -0.2) is 27.3 Å². The molecule has 1 aliphatic rings. The third kappa shape index (κ3) is 4.31. The van der Waals surface area contributed by atoms with Crippen molar-refractivity contribution in [1.29, 1.82) is 0 Å². The molecule has 1 aliphatic carbocycles. The number of hydrogen-bond donors (Lipinski definition) is 1. The number of halogens is 1. The lowest BCUT2D eigenvalue weighted by Crippen LogP contribution is -2.30. The van der Waals surface area contributed by atoms with Crippen molar-refractivity contribution in [3.05, 3.63) is 48.7 Å². The number of benzene rings is 1. The second-order valence-corrected chi connectivity index (χ2v) is 8.92. The molecule has 30 heavy (non-hydrogen) atoms. The van der Waals surface area contributed by atoms with Crippen LogP contribution in [0.15, 0.2) is 48.7 Å². The second kappa shape index (κ2) is 8.68. The number of rotatable bonds is 6. The van der Waals surface area contributed by atoms with Crippen molar-refractivity contribution in [3.63, 3.8) is 0 Å². The monoisotopic (exact) mass is 425 g/mol. The molecular formula is C24H28ClN3O2. The fourth-order valence-corrected chi connectivity index (χ4v) is 3.87. The maximum Gasteiger partial charge on any atom is 0.318 e. The number of nitrogens with zero attached hydrogens (tertiary/aromatic N) is 2. The fourth-order valence-electron chi connectivity index (χ4n) is 3.76. The Kier molecular flexibility index (Phi) is 6.00. The molecule has 4 rings (SSSR count). The van der Waals surface area contributed by atoms with Gasteiger partial charge in [-0.3, -0.25) is 9.20 Å². The maximum atomic E-state index is 12.3. The standard InChI is InChI=1S/C24H28ClN3O2/c1-24(2,16-25)23(29)30-19-13-11-17(12-14-19)21-22(26-18-8-4-3-5-9-18)28-15-7-6-10-20(28)27-21/h6-7,10-15,18,26H,3-5,8-9,16H2,1-2H3. The number of carbonyl (C=O) groups excluding carboxylic acids is 1. The zero-order valence-corrected chi connectivity index (χ0v) is 18.3. The van der Waals surface area contributed by atoms with Gasteiger partial charge in [-0.05, 0) is 63.1 Å². The Morgan fingerprint density at radius 3 is 2.60 bits per heavy atom. The molecule has 1 saturated carbocycles. The number of carbonyl (C=O) groups is 1. The highest BCUT2D eigenvalue weighted by molar-refractivity contribution is 6.19. The van der Waals surface area contributed by atoms with E-state index in [0.717, 1.165) is 22.7 Å². The van der Waals surface area contributed by atoms with Crippen LogP contribution in [-0.2, 0) is 4.79 Å². The SMILES string of the molecule is CC(C)(CCl)C(=O)Oc1ccc(-c2nc3ccccn3c2NC2CCCCC2)cc1. The number of esters is 1. The Morgan fingerprint density at radius 2 is 1.90 bits per heavy atom. The van der Waals surface area contributed by atoms with E-state index in [1.165, 1.54) is 32.1 Å². The summed E-state index contributed by atoms with van der Waals surface area (Å²) in [6.07, 6.45) is 8.26. The van der Waals surface area contributed by atoms with E-state index in [2.05, 4.69) is 9.72 Å². The van der Waals surface area contributed by atoms with Crippen molar-refractivity contribution in [2.24, 2.45) is 5.41 Å². The summed E-state index contributed by atoms with van der Waals surface area (Å²) in [7, 11) is 0. The minimum atomic E-state index is -0.723. The van der Waals surface area contributed by atoms with Crippen molar-refractivity contribution in [3.8, 4) is 17.0 Å². The number of hydrogen-bond acceptors (Lipinski definition) is 4. The molecule has 5 nitrogen and oxygen atoms in total. The first-order valence-electron chi connectivity index (χ1n) is 10.6. The van der Waals surface area contributed by atoms with Gasteiger partial charge in [-0.2, -0.15) is 0 Å². The van der Waals surface area contributed by atoms with Crippen LogP contribution in [0.1, 0.15) is 46.0 Å². The number of pyridine rings is 1. The van der Waals surface area contributed by atoms with E-state index >= 15 is 0 Å². The highest BCUT2D eigenvalue weighted by Gasteiger charge is 2.29. The van der Waals surface area contributed by atoms with Gasteiger partial charge in [0.1, 0.15) is 22.9 Å². The molecule has 0 bridgehead atoms. The second-order valence-electron chi connectivity index (χ2n) is 8.65. The quantitative estimate of drug-likeness (QED) is 0.302. The van der Waals surface area contributed by atoms with Gasteiger partial charge in [-0.25, -0.2) is 4.98 Å². The summed E-state index contributed by atoms with van der Waals surface area (Å²) < 4.78 is 7.62. The summed E-state index contributed by atoms with van der Waals surface area (Å²) in [5.41, 5.74) is 2.07. The molecule has 0 atom stereocenters. The molecule has 0 spiro atoms. The molecule has 0 saturated heterocycles. The van der Waals surface area contributed by atoms with Crippen molar-refractivity contribution < 1.29 is 9.53 Å². The van der Waals surface area contributed by atoms with Gasteiger partial charge in [0.05, 0.1) is 5.41 Å². The Labute approximate surface area is 182 Å². The summed E-state index contributed by atoms with van der Waals surface area (Å²) in [6, 6.07) is 14.0. The van der Waals surface area contributed by atoms with E-state index in [-0.39, 0.29) is 11.8 Å². The summed E-state index contributed by atoms with van der Waals surface area (Å²) in [4.78, 5) is 17.1. The first kappa shape index (κ1) is 20.7. The van der Waals surface area contributed by atoms with Crippen LogP contribution < -0.4 is 10.1 Å². The average Bonchev–Trinajstić information content (AvgIpc) is 3.13. The highest BCUT2D eigenvalue weighted by atomic mass is 35.5. The molecule has 2 heterocycles. The molecule has 0 amide bonds. The van der Waals surface area contributed by atoms with E-state index in [4.69, 9.17) is 21.3 Å². The number of aromatic nitrogens is 2. The van der Waals surface area contributed by atoms with Crippen LogP contribution >= 0.6 is 11.6 Å². The van der Waals surface area contributed by atoms with Crippen LogP contribution in [0.5, 0.6) is 5.75 Å². The lowest BCUT2D eigenvalue weighted by molar-refractivity contribution is -0.142. The predicted octanol–water partition coefficient (Wildman–Crippen LogP) is 5.92. The average molecular weight is 426 g/mol. The van der Waals surface area contributed by atoms with Gasteiger partial charge in [0.2, 0.25) is 0 Å². The van der Waals surface area contributed by atoms with Crippen LogP contribution in [0, 0.1) is 5.41 Å². The smallest absolute Gasteiger partial charge is 0.318 e. The van der Waals surface area contributed by atoms with Gasteiger partial charge >= 0.3 is 5.97 Å². The zero-order valence-electron chi connectivity index (χ0n) is 17.5. The van der Waals surface area contributed by atoms with Crippen LogP contribution in [0.3, 0.4) is 0 Å². The Morgan fingerprint density at radius 1 is 1.17 bits per heavy atom. The molecule has 1 N–H and O–H groups in total. The number of alkyl halides is 1. The van der Waals surface area contributed by atoms with Crippen molar-refractivity contribution >= 4 is 29.0 Å². The molecule has 158 valence electrons. The number of anilines is 1. The first-order valence-corrected chi connectivity index (χ1v) is 11.1. The summed E-state index contributed by atoms with van der Waals surface area (Å²) in [6.45, 7) is 3.55. The van der Waals surface area contributed by atoms with Gasteiger partial charge in [0.25, 0.3) is 0 Å². The van der Waals surface area contributed by atoms with E-state index in [9.17, 15) is 4.79 Å². The lowest BCUT2D eigenvalue weighted by atomic mass is 9.95. The third-order valence-electron chi connectivity index (χ3n) is 5.70. The summed E-state index contributed by atoms with van der Waals surface area (Å²) >= 11 is 5.88. The molecule has 0 aliphatic heterocycles. The molecule has 1 aromatic carbocycles. The van der Waals surface area contributed by atoms with Gasteiger partial charge in [-0.1, -0.05) is 25.3 Å². The van der Waals surface area contributed by atoms with E-state index < -0.39 is 5.41 Å². The molecule has 1 fully saturated rings. The van der Waals surface area contributed by atoms with Crippen molar-refractivity contribution in [2.75, 3.05) is 11.2 Å². The number of fused-ring (bicyclic) bond motifs is 1. The Bertz CT molecular complexity index is 1020. The largest absolute Gasteiger partial charge is 0.426 e. The summed E-state index contributed by atoms with van der Waals surface area (Å²) in [5, 5.41) is 3.75. The van der Waals surface area contributed by atoms with Gasteiger partial charge in [0, 0.05) is 23.7 Å². The van der Waals surface area contributed by atoms with Crippen LogP contribution in [0.4, 0.5) is 5.82 Å². The lowest BCUT2D eigenvalue weighted by Gasteiger charge is -2.24. The van der Waals surface area contributed by atoms with Crippen LogP contribution in [0.25, 0.3) is 16.9 Å². The van der Waals surface area contributed by atoms with Gasteiger partial charge < -0.3 is 10.1 Å². The summed E-state index contributed by atoms with van der Waals surface area (Å²) in [5.74, 6) is 1.40. The topological polar surface area (TPSA) is 55.6 Å². The fraction of sp³-hybridized carbons (Fsp3) is 0.417. The molecule has 6 heteroatoms. The maximum absolute atomic E-state index is 12.3. The molecular weight excluding hydrogens is 398 g/mol. The van der Waals surface area contributed by atoms with E-state index in [1.807, 2.05) is 48.7 Å². The van der Waals surface area contributed by atoms with Crippen molar-refractivity contribution in [1.82, 2.24) is 9.38 Å². The molecule has 0 unspecified atom stereocenters. The number of ether oxygens (including phenoxy) is 1. The Balaban J connectivity index is 1.62. The number of nitrogens with one attached hydrogen (secondary N) is 1. The van der Waals surface area contributed by atoms with Crippen LogP contribution in [0.2, 0.25) is 0 Å².